The first kappa shape index (κ1) is 32.6. The molecule has 56 heavy (non-hydrogen) atoms. The van der Waals surface area contributed by atoms with E-state index in [1.165, 1.54) is 51.5 Å². The SMILES string of the molecule is c1ccc(-c2ccccc2-c2cccc(-c3nc(-c4cccc5c4sc4ccccc45)nc(-c4cccc5c4sc4ccccc45)n3)c2-c2ccccc2)cc1. The van der Waals surface area contributed by atoms with E-state index in [0.29, 0.717) is 17.5 Å². The van der Waals surface area contributed by atoms with Gasteiger partial charge in [0.25, 0.3) is 0 Å². The molecule has 0 bridgehead atoms. The molecule has 0 N–H and O–H groups in total. The third-order valence-corrected chi connectivity index (χ3v) is 13.0. The zero-order valence-electron chi connectivity index (χ0n) is 30.1. The molecule has 0 fully saturated rings. The van der Waals surface area contributed by atoms with Crippen molar-refractivity contribution < 1.29 is 0 Å². The Morgan fingerprint density at radius 3 is 1.25 bits per heavy atom. The van der Waals surface area contributed by atoms with E-state index in [9.17, 15) is 0 Å². The summed E-state index contributed by atoms with van der Waals surface area (Å²) in [5.41, 5.74) is 9.76. The monoisotopic (exact) mass is 749 g/mol. The van der Waals surface area contributed by atoms with Gasteiger partial charge in [-0.05, 0) is 52.1 Å². The highest BCUT2D eigenvalue weighted by molar-refractivity contribution is 7.26. The predicted molar refractivity (Wildman–Crippen MR) is 238 cm³/mol. The lowest BCUT2D eigenvalue weighted by Crippen LogP contribution is -2.02. The van der Waals surface area contributed by atoms with Crippen molar-refractivity contribution in [2.45, 2.75) is 0 Å². The molecule has 0 radical (unpaired) electrons. The summed E-state index contributed by atoms with van der Waals surface area (Å²) < 4.78 is 4.84. The lowest BCUT2D eigenvalue weighted by atomic mass is 9.86. The van der Waals surface area contributed by atoms with Gasteiger partial charge in [-0.2, -0.15) is 0 Å². The van der Waals surface area contributed by atoms with E-state index in [4.69, 9.17) is 15.0 Å². The quantitative estimate of drug-likeness (QED) is 0.170. The second kappa shape index (κ2) is 13.5. The van der Waals surface area contributed by atoms with Crippen LogP contribution >= 0.6 is 22.7 Å². The maximum atomic E-state index is 5.43. The number of fused-ring (bicyclic) bond motifs is 6. The van der Waals surface area contributed by atoms with E-state index in [-0.39, 0.29) is 0 Å². The molecule has 0 spiro atoms. The summed E-state index contributed by atoms with van der Waals surface area (Å²) in [6.07, 6.45) is 0. The van der Waals surface area contributed by atoms with Crippen LogP contribution in [0.25, 0.3) is 108 Å². The number of nitrogens with zero attached hydrogens (tertiary/aromatic N) is 3. The Morgan fingerprint density at radius 2 is 0.661 bits per heavy atom. The summed E-state index contributed by atoms with van der Waals surface area (Å²) in [7, 11) is 0. The van der Waals surface area contributed by atoms with Crippen LogP contribution in [0.3, 0.4) is 0 Å². The van der Waals surface area contributed by atoms with Crippen LogP contribution in [0.5, 0.6) is 0 Å². The fourth-order valence-electron chi connectivity index (χ4n) is 8.05. The van der Waals surface area contributed by atoms with Gasteiger partial charge in [0, 0.05) is 62.6 Å². The van der Waals surface area contributed by atoms with Crippen LogP contribution in [-0.4, -0.2) is 15.0 Å². The highest BCUT2D eigenvalue weighted by Gasteiger charge is 2.22. The van der Waals surface area contributed by atoms with Gasteiger partial charge in [-0.15, -0.1) is 22.7 Å². The zero-order valence-corrected chi connectivity index (χ0v) is 31.7. The Bertz CT molecular complexity index is 3120. The summed E-state index contributed by atoms with van der Waals surface area (Å²) in [4.78, 5) is 16.2. The molecule has 0 atom stereocenters. The Labute approximate surface area is 331 Å². The molecule has 0 amide bonds. The average Bonchev–Trinajstić information content (AvgIpc) is 3.85. The van der Waals surface area contributed by atoms with Crippen molar-refractivity contribution in [1.29, 1.82) is 0 Å². The number of hydrogen-bond acceptors (Lipinski definition) is 5. The molecule has 3 nitrogen and oxygen atoms in total. The molecule has 0 aliphatic heterocycles. The van der Waals surface area contributed by atoms with Gasteiger partial charge in [-0.3, -0.25) is 0 Å². The summed E-state index contributed by atoms with van der Waals surface area (Å²) in [5.74, 6) is 1.96. The standard InChI is InChI=1S/C51H31N3S2/c1-3-16-32(17-4-1)34-20-7-8-21-35(34)38-24-13-27-41(46(38)33-18-5-2-6-19-33)49-52-50(42-28-14-25-39-36-22-9-11-30-44(36)55-47(39)42)54-51(53-49)43-29-15-26-40-37-23-10-12-31-45(37)56-48(40)43/h1-31H. The minimum absolute atomic E-state index is 0.638. The number of hydrogen-bond donors (Lipinski definition) is 0. The Morgan fingerprint density at radius 1 is 0.268 bits per heavy atom. The lowest BCUT2D eigenvalue weighted by Gasteiger charge is -2.18. The van der Waals surface area contributed by atoms with Gasteiger partial charge in [0.1, 0.15) is 0 Å². The topological polar surface area (TPSA) is 38.7 Å². The number of rotatable bonds is 6. The molecule has 11 aromatic rings. The first-order valence-corrected chi connectivity index (χ1v) is 20.3. The van der Waals surface area contributed by atoms with Crippen LogP contribution in [0.1, 0.15) is 0 Å². The molecular formula is C51H31N3S2. The van der Waals surface area contributed by atoms with Crippen LogP contribution in [0.2, 0.25) is 0 Å². The van der Waals surface area contributed by atoms with Crippen molar-refractivity contribution in [2.24, 2.45) is 0 Å². The molecule has 0 aliphatic rings. The zero-order chi connectivity index (χ0) is 37.0. The van der Waals surface area contributed by atoms with Crippen molar-refractivity contribution >= 4 is 63.0 Å². The van der Waals surface area contributed by atoms with E-state index in [1.54, 1.807) is 22.7 Å². The molecule has 3 aromatic heterocycles. The number of aromatic nitrogens is 3. The maximum Gasteiger partial charge on any atom is 0.165 e. The van der Waals surface area contributed by atoms with E-state index in [1.807, 2.05) is 0 Å². The van der Waals surface area contributed by atoms with Crippen molar-refractivity contribution in [2.75, 3.05) is 0 Å². The minimum Gasteiger partial charge on any atom is -0.208 e. The third-order valence-electron chi connectivity index (χ3n) is 10.6. The molecule has 3 heterocycles. The normalized spacial score (nSPS) is 11.6. The molecule has 8 aromatic carbocycles. The summed E-state index contributed by atoms with van der Waals surface area (Å²) in [6, 6.07) is 66.7. The van der Waals surface area contributed by atoms with E-state index >= 15 is 0 Å². The van der Waals surface area contributed by atoms with Gasteiger partial charge in [0.05, 0.1) is 0 Å². The van der Waals surface area contributed by atoms with Gasteiger partial charge in [0.15, 0.2) is 17.5 Å². The Hall–Kier alpha value is -6.79. The fraction of sp³-hybridized carbons (Fsp3) is 0. The summed E-state index contributed by atoms with van der Waals surface area (Å²) in [6.45, 7) is 0. The number of thiophene rings is 2. The molecule has 0 aliphatic carbocycles. The smallest absolute Gasteiger partial charge is 0.165 e. The lowest BCUT2D eigenvalue weighted by molar-refractivity contribution is 1.08. The summed E-state index contributed by atoms with van der Waals surface area (Å²) >= 11 is 3.59. The first-order valence-electron chi connectivity index (χ1n) is 18.7. The van der Waals surface area contributed by atoms with Crippen LogP contribution in [0.15, 0.2) is 188 Å². The van der Waals surface area contributed by atoms with Crippen LogP contribution < -0.4 is 0 Å². The Balaban J connectivity index is 1.22. The van der Waals surface area contributed by atoms with Crippen LogP contribution in [0.4, 0.5) is 0 Å². The van der Waals surface area contributed by atoms with Crippen LogP contribution in [-0.2, 0) is 0 Å². The average molecular weight is 750 g/mol. The molecule has 0 unspecified atom stereocenters. The van der Waals surface area contributed by atoms with Gasteiger partial charge >= 0.3 is 0 Å². The third kappa shape index (κ3) is 5.43. The Kier molecular flexibility index (Phi) is 7.87. The van der Waals surface area contributed by atoms with Gasteiger partial charge < -0.3 is 0 Å². The van der Waals surface area contributed by atoms with E-state index in [2.05, 4.69) is 188 Å². The van der Waals surface area contributed by atoms with E-state index in [0.717, 1.165) is 38.9 Å². The van der Waals surface area contributed by atoms with Crippen molar-refractivity contribution in [3.05, 3.63) is 188 Å². The van der Waals surface area contributed by atoms with Gasteiger partial charge in [0.2, 0.25) is 0 Å². The second-order valence-electron chi connectivity index (χ2n) is 13.9. The minimum atomic E-state index is 0.638. The van der Waals surface area contributed by atoms with Crippen molar-refractivity contribution in [3.8, 4) is 67.5 Å². The second-order valence-corrected chi connectivity index (χ2v) is 16.0. The van der Waals surface area contributed by atoms with Crippen LogP contribution in [0, 0.1) is 0 Å². The van der Waals surface area contributed by atoms with Gasteiger partial charge in [-0.1, -0.05) is 164 Å². The highest BCUT2D eigenvalue weighted by atomic mass is 32.1. The number of benzene rings is 8. The molecular weight excluding hydrogens is 719 g/mol. The van der Waals surface area contributed by atoms with Crippen molar-refractivity contribution in [3.63, 3.8) is 0 Å². The van der Waals surface area contributed by atoms with Crippen molar-refractivity contribution in [1.82, 2.24) is 15.0 Å². The molecule has 11 rings (SSSR count). The fourth-order valence-corrected chi connectivity index (χ4v) is 10.5. The largest absolute Gasteiger partial charge is 0.208 e. The summed E-state index contributed by atoms with van der Waals surface area (Å²) in [5, 5.41) is 4.91. The molecule has 0 saturated carbocycles. The molecule has 0 saturated heterocycles. The predicted octanol–water partition coefficient (Wildman–Crippen LogP) is 14.6. The molecule has 5 heteroatoms. The maximum absolute atomic E-state index is 5.43. The van der Waals surface area contributed by atoms with E-state index < -0.39 is 0 Å². The first-order chi connectivity index (χ1) is 27.8. The van der Waals surface area contributed by atoms with Gasteiger partial charge in [-0.25, -0.2) is 15.0 Å². The molecule has 262 valence electrons. The highest BCUT2D eigenvalue weighted by Crippen LogP contribution is 2.45.